The Morgan fingerprint density at radius 2 is 1.76 bits per heavy atom. The molecule has 33 heavy (non-hydrogen) atoms. The fourth-order valence-corrected chi connectivity index (χ4v) is 2.66. The number of pyridine rings is 1. The number of aromatic nitrogens is 1. The highest BCUT2D eigenvalue weighted by atomic mass is 19.4. The van der Waals surface area contributed by atoms with E-state index in [9.17, 15) is 27.2 Å². The number of nitrogens with two attached hydrogens (primary N) is 1. The first kappa shape index (κ1) is 23.3. The van der Waals surface area contributed by atoms with Gasteiger partial charge >= 0.3 is 6.36 Å². The zero-order valence-electron chi connectivity index (χ0n) is 16.8. The van der Waals surface area contributed by atoms with Gasteiger partial charge in [-0.3, -0.25) is 14.6 Å². The molecule has 1 heterocycles. The van der Waals surface area contributed by atoms with Crippen molar-refractivity contribution in [1.29, 1.82) is 0 Å². The van der Waals surface area contributed by atoms with Gasteiger partial charge in [0.25, 0.3) is 11.8 Å². The summed E-state index contributed by atoms with van der Waals surface area (Å²) in [5.41, 5.74) is 4.99. The van der Waals surface area contributed by atoms with Crippen molar-refractivity contribution >= 4 is 17.5 Å². The van der Waals surface area contributed by atoms with Crippen molar-refractivity contribution in [3.8, 4) is 23.0 Å². The zero-order valence-corrected chi connectivity index (χ0v) is 16.8. The molecule has 3 aromatic rings. The molecule has 0 aliphatic carbocycles. The molecule has 0 radical (unpaired) electrons. The molecule has 0 spiro atoms. The second-order valence-electron chi connectivity index (χ2n) is 6.35. The molecule has 12 heteroatoms. The number of amides is 2. The molecule has 0 fully saturated rings. The number of benzene rings is 2. The number of nitrogens with one attached hydrogen (secondary N) is 1. The second-order valence-corrected chi connectivity index (χ2v) is 6.35. The lowest BCUT2D eigenvalue weighted by molar-refractivity contribution is -0.274. The van der Waals surface area contributed by atoms with Crippen molar-refractivity contribution in [3.63, 3.8) is 0 Å². The predicted octanol–water partition coefficient (Wildman–Crippen LogP) is 4.27. The van der Waals surface area contributed by atoms with Gasteiger partial charge in [0.05, 0.1) is 12.7 Å². The summed E-state index contributed by atoms with van der Waals surface area (Å²) in [4.78, 5) is 27.9. The van der Waals surface area contributed by atoms with Crippen LogP contribution in [0.15, 0.2) is 54.7 Å². The second kappa shape index (κ2) is 9.42. The van der Waals surface area contributed by atoms with Gasteiger partial charge in [0.1, 0.15) is 23.0 Å². The maximum Gasteiger partial charge on any atom is 0.573 e. The third-order valence-electron chi connectivity index (χ3n) is 4.05. The first-order valence-corrected chi connectivity index (χ1v) is 9.04. The molecule has 3 rings (SSSR count). The minimum absolute atomic E-state index is 0.0660. The predicted molar refractivity (Wildman–Crippen MR) is 107 cm³/mol. The van der Waals surface area contributed by atoms with Gasteiger partial charge in [-0.25, -0.2) is 4.39 Å². The van der Waals surface area contributed by atoms with E-state index in [1.54, 1.807) is 0 Å². The number of anilines is 1. The van der Waals surface area contributed by atoms with Crippen LogP contribution in [0.25, 0.3) is 0 Å². The van der Waals surface area contributed by atoms with Crippen molar-refractivity contribution in [2.75, 3.05) is 12.4 Å². The SMILES string of the molecule is COc1cc(F)ccc1Oc1cc(OC(F)(F)F)ccc1C(=O)Nc1ccnc(C(N)=O)c1. The topological polar surface area (TPSA) is 113 Å². The van der Waals surface area contributed by atoms with Crippen molar-refractivity contribution in [2.24, 2.45) is 5.73 Å². The Kier molecular flexibility index (Phi) is 6.66. The fourth-order valence-electron chi connectivity index (χ4n) is 2.66. The number of rotatable bonds is 7. The molecule has 0 atom stereocenters. The van der Waals surface area contributed by atoms with Crippen LogP contribution in [-0.2, 0) is 0 Å². The number of nitrogens with zero attached hydrogens (tertiary/aromatic N) is 1. The molecule has 172 valence electrons. The number of carbonyl (C=O) groups is 2. The molecule has 0 aliphatic rings. The maximum atomic E-state index is 13.5. The van der Waals surface area contributed by atoms with E-state index in [1.807, 2.05) is 0 Å². The Bertz CT molecular complexity index is 1200. The summed E-state index contributed by atoms with van der Waals surface area (Å²) in [6.07, 6.45) is -3.76. The van der Waals surface area contributed by atoms with Crippen molar-refractivity contribution in [1.82, 2.24) is 4.98 Å². The molecule has 3 N–H and O–H groups in total. The minimum Gasteiger partial charge on any atom is -0.493 e. The van der Waals surface area contributed by atoms with Gasteiger partial charge in [-0.2, -0.15) is 0 Å². The molecule has 0 unspecified atom stereocenters. The summed E-state index contributed by atoms with van der Waals surface area (Å²) >= 11 is 0. The first-order valence-electron chi connectivity index (χ1n) is 9.04. The van der Waals surface area contributed by atoms with Crippen LogP contribution in [0.3, 0.4) is 0 Å². The first-order chi connectivity index (χ1) is 15.6. The lowest BCUT2D eigenvalue weighted by Crippen LogP contribution is -2.18. The maximum absolute atomic E-state index is 13.5. The average Bonchev–Trinajstić information content (AvgIpc) is 2.74. The van der Waals surface area contributed by atoms with Crippen LogP contribution in [0, 0.1) is 5.82 Å². The van der Waals surface area contributed by atoms with E-state index >= 15 is 0 Å². The van der Waals surface area contributed by atoms with Crippen molar-refractivity contribution in [3.05, 3.63) is 71.8 Å². The van der Waals surface area contributed by atoms with Crippen LogP contribution in [-0.4, -0.2) is 30.3 Å². The van der Waals surface area contributed by atoms with Crippen molar-refractivity contribution < 1.29 is 41.4 Å². The normalized spacial score (nSPS) is 10.9. The lowest BCUT2D eigenvalue weighted by Gasteiger charge is -2.16. The quantitative estimate of drug-likeness (QED) is 0.504. The van der Waals surface area contributed by atoms with Crippen LogP contribution < -0.4 is 25.3 Å². The summed E-state index contributed by atoms with van der Waals surface area (Å²) in [7, 11) is 1.23. The highest BCUT2D eigenvalue weighted by Crippen LogP contribution is 2.36. The van der Waals surface area contributed by atoms with E-state index in [0.717, 1.165) is 30.3 Å². The number of carbonyl (C=O) groups excluding carboxylic acids is 2. The smallest absolute Gasteiger partial charge is 0.493 e. The molecule has 0 saturated carbocycles. The third-order valence-corrected chi connectivity index (χ3v) is 4.05. The monoisotopic (exact) mass is 465 g/mol. The Balaban J connectivity index is 1.98. The highest BCUT2D eigenvalue weighted by molar-refractivity contribution is 6.06. The summed E-state index contributed by atoms with van der Waals surface area (Å²) in [5, 5.41) is 2.46. The number of alkyl halides is 3. The summed E-state index contributed by atoms with van der Waals surface area (Å²) in [6, 6.07) is 8.58. The number of hydrogen-bond acceptors (Lipinski definition) is 6. The van der Waals surface area contributed by atoms with E-state index in [2.05, 4.69) is 15.0 Å². The molecule has 8 nitrogen and oxygen atoms in total. The van der Waals surface area contributed by atoms with Gasteiger partial charge in [0.2, 0.25) is 0 Å². The standard InChI is InChI=1S/C21H15F4N3O5/c1-31-18-8-11(22)2-5-16(18)32-17-10-13(33-21(23,24)25)3-4-14(17)20(30)28-12-6-7-27-15(9-12)19(26)29/h2-10H,1H3,(H2,26,29)(H,27,28,30). The Morgan fingerprint density at radius 1 is 1.00 bits per heavy atom. The molecule has 0 aliphatic heterocycles. The highest BCUT2D eigenvalue weighted by Gasteiger charge is 2.31. The van der Waals surface area contributed by atoms with E-state index in [-0.39, 0.29) is 34.2 Å². The molecule has 0 bridgehead atoms. The van der Waals surface area contributed by atoms with Crippen LogP contribution in [0.4, 0.5) is 23.2 Å². The number of ether oxygens (including phenoxy) is 3. The van der Waals surface area contributed by atoms with Crippen LogP contribution in [0.2, 0.25) is 0 Å². The Morgan fingerprint density at radius 3 is 2.42 bits per heavy atom. The zero-order chi connectivity index (χ0) is 24.2. The van der Waals surface area contributed by atoms with Gasteiger partial charge in [0, 0.05) is 24.0 Å². The van der Waals surface area contributed by atoms with E-state index in [0.29, 0.717) is 0 Å². The van der Waals surface area contributed by atoms with Gasteiger partial charge in [0.15, 0.2) is 11.5 Å². The Hall–Kier alpha value is -4.35. The van der Waals surface area contributed by atoms with Gasteiger partial charge in [-0.05, 0) is 36.4 Å². The number of methoxy groups -OCH3 is 1. The summed E-state index contributed by atoms with van der Waals surface area (Å²) in [5.74, 6) is -3.41. The molecule has 2 amide bonds. The summed E-state index contributed by atoms with van der Waals surface area (Å²) in [6.45, 7) is 0. The summed E-state index contributed by atoms with van der Waals surface area (Å²) < 4.78 is 66.0. The minimum atomic E-state index is -4.99. The largest absolute Gasteiger partial charge is 0.573 e. The number of halogens is 4. The van der Waals surface area contributed by atoms with Gasteiger partial charge in [-0.15, -0.1) is 13.2 Å². The van der Waals surface area contributed by atoms with Gasteiger partial charge < -0.3 is 25.3 Å². The average molecular weight is 465 g/mol. The fraction of sp³-hybridized carbons (Fsp3) is 0.0952. The molecular weight excluding hydrogens is 450 g/mol. The van der Waals surface area contributed by atoms with Gasteiger partial charge in [-0.1, -0.05) is 0 Å². The van der Waals surface area contributed by atoms with Crippen LogP contribution in [0.1, 0.15) is 20.8 Å². The Labute approximate surface area is 183 Å². The van der Waals surface area contributed by atoms with Crippen molar-refractivity contribution in [2.45, 2.75) is 6.36 Å². The number of hydrogen-bond donors (Lipinski definition) is 2. The van der Waals surface area contributed by atoms with E-state index in [4.69, 9.17) is 15.2 Å². The lowest BCUT2D eigenvalue weighted by atomic mass is 10.1. The molecule has 1 aromatic heterocycles. The van der Waals surface area contributed by atoms with E-state index < -0.39 is 29.7 Å². The number of primary amides is 1. The molecule has 0 saturated heterocycles. The van der Waals surface area contributed by atoms with E-state index in [1.165, 1.54) is 31.5 Å². The molecule has 2 aromatic carbocycles. The van der Waals surface area contributed by atoms with Crippen LogP contribution >= 0.6 is 0 Å². The molecular formula is C21H15F4N3O5. The third kappa shape index (κ3) is 6.09. The van der Waals surface area contributed by atoms with Crippen LogP contribution in [0.5, 0.6) is 23.0 Å².